The van der Waals surface area contributed by atoms with Crippen LogP contribution in [0, 0.1) is 5.82 Å². The van der Waals surface area contributed by atoms with Crippen LogP contribution in [0.25, 0.3) is 0 Å². The van der Waals surface area contributed by atoms with Gasteiger partial charge in [0, 0.05) is 38.6 Å². The molecule has 33 heavy (non-hydrogen) atoms. The third-order valence-corrected chi connectivity index (χ3v) is 5.31. The maximum absolute atomic E-state index is 13.6. The van der Waals surface area contributed by atoms with Gasteiger partial charge >= 0.3 is 6.03 Å². The molecule has 0 saturated carbocycles. The van der Waals surface area contributed by atoms with Crippen LogP contribution in [0.4, 0.5) is 20.6 Å². The molecule has 174 valence electrons. The summed E-state index contributed by atoms with van der Waals surface area (Å²) >= 11 is 0. The van der Waals surface area contributed by atoms with Crippen LogP contribution in [0.2, 0.25) is 0 Å². The second-order valence-corrected chi connectivity index (χ2v) is 7.86. The number of nitrogens with zero attached hydrogens (tertiary/aromatic N) is 2. The number of hydrogen-bond acceptors (Lipinski definition) is 4. The minimum absolute atomic E-state index is 0.294. The Morgan fingerprint density at radius 3 is 2.24 bits per heavy atom. The smallest absolute Gasteiger partial charge is 0.322 e. The number of nitrogens with one attached hydrogen (secondary N) is 1. The molecule has 0 saturated heterocycles. The van der Waals surface area contributed by atoms with E-state index >= 15 is 0 Å². The van der Waals surface area contributed by atoms with E-state index < -0.39 is 5.82 Å². The molecule has 0 unspecified atom stereocenters. The molecule has 0 fully saturated rings. The predicted molar refractivity (Wildman–Crippen MR) is 130 cm³/mol. The van der Waals surface area contributed by atoms with Crippen molar-refractivity contribution in [3.63, 3.8) is 0 Å². The minimum Gasteiger partial charge on any atom is -0.493 e. The van der Waals surface area contributed by atoms with Crippen LogP contribution in [-0.4, -0.2) is 45.8 Å². The molecule has 3 aromatic rings. The Kier molecular flexibility index (Phi) is 8.13. The van der Waals surface area contributed by atoms with Crippen LogP contribution in [-0.2, 0) is 13.0 Å². The molecule has 0 spiro atoms. The molecule has 0 atom stereocenters. The molecule has 6 nitrogen and oxygen atoms in total. The number of carbonyl (C=O) groups is 1. The molecule has 0 aliphatic carbocycles. The maximum atomic E-state index is 13.6. The van der Waals surface area contributed by atoms with Crippen molar-refractivity contribution in [2.24, 2.45) is 0 Å². The van der Waals surface area contributed by atoms with Crippen molar-refractivity contribution in [2.75, 3.05) is 45.1 Å². The van der Waals surface area contributed by atoms with E-state index in [1.165, 1.54) is 12.1 Å². The Bertz CT molecular complexity index is 1070. The molecule has 2 amide bonds. The number of urea groups is 1. The van der Waals surface area contributed by atoms with Crippen LogP contribution < -0.4 is 19.7 Å². The number of amides is 2. The second kappa shape index (κ2) is 11.2. The first kappa shape index (κ1) is 23.9. The van der Waals surface area contributed by atoms with Gasteiger partial charge in [-0.25, -0.2) is 9.18 Å². The quantitative estimate of drug-likeness (QED) is 0.487. The van der Waals surface area contributed by atoms with E-state index in [4.69, 9.17) is 9.47 Å². The highest BCUT2D eigenvalue weighted by Gasteiger charge is 2.16. The lowest BCUT2D eigenvalue weighted by Crippen LogP contribution is -2.36. The van der Waals surface area contributed by atoms with Crippen molar-refractivity contribution >= 4 is 17.4 Å². The standard InChI is InChI=1S/C26H30FN3O3/c1-29(2)23-11-8-20(9-12-23)18-30(26(31)28-22-7-5-6-21(27)17-22)15-14-19-10-13-24(32-3)25(16-19)33-4/h5-13,16-17H,14-15,18H2,1-4H3,(H,28,31). The lowest BCUT2D eigenvalue weighted by Gasteiger charge is -2.24. The first-order chi connectivity index (χ1) is 15.9. The van der Waals surface area contributed by atoms with Gasteiger partial charge in [0.2, 0.25) is 0 Å². The molecule has 0 heterocycles. The van der Waals surface area contributed by atoms with Gasteiger partial charge in [-0.2, -0.15) is 0 Å². The molecule has 3 aromatic carbocycles. The summed E-state index contributed by atoms with van der Waals surface area (Å²) in [5.74, 6) is 0.900. The summed E-state index contributed by atoms with van der Waals surface area (Å²) in [6.45, 7) is 0.883. The molecule has 7 heteroatoms. The number of methoxy groups -OCH3 is 2. The molecule has 0 radical (unpaired) electrons. The van der Waals surface area contributed by atoms with Gasteiger partial charge in [-0.15, -0.1) is 0 Å². The van der Waals surface area contributed by atoms with Crippen LogP contribution in [0.5, 0.6) is 11.5 Å². The number of benzene rings is 3. The summed E-state index contributed by atoms with van der Waals surface area (Å²) < 4.78 is 24.3. The number of anilines is 2. The molecule has 0 aromatic heterocycles. The average Bonchev–Trinajstić information content (AvgIpc) is 2.81. The predicted octanol–water partition coefficient (Wildman–Crippen LogP) is 5.19. The van der Waals surface area contributed by atoms with Crippen LogP contribution in [0.15, 0.2) is 66.7 Å². The highest BCUT2D eigenvalue weighted by atomic mass is 19.1. The highest BCUT2D eigenvalue weighted by Crippen LogP contribution is 2.28. The Balaban J connectivity index is 1.77. The van der Waals surface area contributed by atoms with Gasteiger partial charge in [-0.05, 0) is 60.0 Å². The molecule has 3 rings (SSSR count). The largest absolute Gasteiger partial charge is 0.493 e. The summed E-state index contributed by atoms with van der Waals surface area (Å²) in [6, 6.07) is 19.4. The van der Waals surface area contributed by atoms with E-state index in [1.54, 1.807) is 31.3 Å². The summed E-state index contributed by atoms with van der Waals surface area (Å²) in [6.07, 6.45) is 0.618. The van der Waals surface area contributed by atoms with Crippen molar-refractivity contribution < 1.29 is 18.7 Å². The van der Waals surface area contributed by atoms with E-state index in [0.717, 1.165) is 16.8 Å². The van der Waals surface area contributed by atoms with Crippen LogP contribution in [0.3, 0.4) is 0 Å². The zero-order valence-corrected chi connectivity index (χ0v) is 19.5. The summed E-state index contributed by atoms with van der Waals surface area (Å²) in [5.41, 5.74) is 3.51. The third kappa shape index (κ3) is 6.62. The zero-order chi connectivity index (χ0) is 23.8. The Labute approximate surface area is 194 Å². The van der Waals surface area contributed by atoms with Crippen molar-refractivity contribution in [3.05, 3.63) is 83.7 Å². The minimum atomic E-state index is -0.399. The SMILES string of the molecule is COc1ccc(CCN(Cc2ccc(N(C)C)cc2)C(=O)Nc2cccc(F)c2)cc1OC. The van der Waals surface area contributed by atoms with Crippen molar-refractivity contribution in [1.29, 1.82) is 0 Å². The topological polar surface area (TPSA) is 54.0 Å². The van der Waals surface area contributed by atoms with Gasteiger partial charge < -0.3 is 24.6 Å². The van der Waals surface area contributed by atoms with E-state index in [9.17, 15) is 9.18 Å². The lowest BCUT2D eigenvalue weighted by atomic mass is 10.1. The van der Waals surface area contributed by atoms with Gasteiger partial charge in [0.25, 0.3) is 0 Å². The lowest BCUT2D eigenvalue weighted by molar-refractivity contribution is 0.210. The zero-order valence-electron chi connectivity index (χ0n) is 19.5. The van der Waals surface area contributed by atoms with Crippen molar-refractivity contribution in [3.8, 4) is 11.5 Å². The molecule has 0 aliphatic heterocycles. The summed E-state index contributed by atoms with van der Waals surface area (Å²) in [7, 11) is 7.16. The Morgan fingerprint density at radius 1 is 0.909 bits per heavy atom. The molecule has 0 bridgehead atoms. The van der Waals surface area contributed by atoms with Crippen molar-refractivity contribution in [2.45, 2.75) is 13.0 Å². The van der Waals surface area contributed by atoms with Crippen molar-refractivity contribution in [1.82, 2.24) is 4.90 Å². The van der Waals surface area contributed by atoms with Crippen LogP contribution >= 0.6 is 0 Å². The first-order valence-corrected chi connectivity index (χ1v) is 10.7. The van der Waals surface area contributed by atoms with Gasteiger partial charge in [0.1, 0.15) is 5.82 Å². The van der Waals surface area contributed by atoms with E-state index in [2.05, 4.69) is 5.32 Å². The van der Waals surface area contributed by atoms with Gasteiger partial charge in [-0.1, -0.05) is 24.3 Å². The van der Waals surface area contributed by atoms with E-state index in [0.29, 0.717) is 36.7 Å². The van der Waals surface area contributed by atoms with Crippen LogP contribution in [0.1, 0.15) is 11.1 Å². The second-order valence-electron chi connectivity index (χ2n) is 7.86. The maximum Gasteiger partial charge on any atom is 0.322 e. The van der Waals surface area contributed by atoms with Gasteiger partial charge in [0.15, 0.2) is 11.5 Å². The number of halogens is 1. The summed E-state index contributed by atoms with van der Waals surface area (Å²) in [4.78, 5) is 16.8. The Hall–Kier alpha value is -3.74. The number of hydrogen-bond donors (Lipinski definition) is 1. The Morgan fingerprint density at radius 2 is 1.61 bits per heavy atom. The van der Waals surface area contributed by atoms with Gasteiger partial charge in [-0.3, -0.25) is 0 Å². The van der Waals surface area contributed by atoms with Gasteiger partial charge in [0.05, 0.1) is 14.2 Å². The van der Waals surface area contributed by atoms with E-state index in [-0.39, 0.29) is 6.03 Å². The molecular formula is C26H30FN3O3. The molecular weight excluding hydrogens is 421 g/mol. The number of ether oxygens (including phenoxy) is 2. The number of carbonyl (C=O) groups excluding carboxylic acids is 1. The first-order valence-electron chi connectivity index (χ1n) is 10.7. The molecule has 0 aliphatic rings. The highest BCUT2D eigenvalue weighted by molar-refractivity contribution is 5.89. The third-order valence-electron chi connectivity index (χ3n) is 5.31. The molecule has 1 N–H and O–H groups in total. The monoisotopic (exact) mass is 451 g/mol. The fourth-order valence-corrected chi connectivity index (χ4v) is 3.44. The van der Waals surface area contributed by atoms with E-state index in [1.807, 2.05) is 61.5 Å². The normalized spacial score (nSPS) is 10.5. The summed E-state index contributed by atoms with van der Waals surface area (Å²) in [5, 5.41) is 2.80. The average molecular weight is 452 g/mol. The fourth-order valence-electron chi connectivity index (χ4n) is 3.44. The number of rotatable bonds is 9. The fraction of sp³-hybridized carbons (Fsp3) is 0.269.